The van der Waals surface area contributed by atoms with Crippen LogP contribution in [0.25, 0.3) is 0 Å². The molecular formula is C10H17N3. The summed E-state index contributed by atoms with van der Waals surface area (Å²) in [5, 5.41) is 0. The molecule has 0 saturated heterocycles. The summed E-state index contributed by atoms with van der Waals surface area (Å²) in [5.41, 5.74) is 8.32. The molecule has 1 aromatic rings. The van der Waals surface area contributed by atoms with Crippen molar-refractivity contribution in [3.8, 4) is 0 Å². The van der Waals surface area contributed by atoms with Gasteiger partial charge in [0.05, 0.1) is 11.2 Å². The Labute approximate surface area is 78.7 Å². The van der Waals surface area contributed by atoms with Gasteiger partial charge in [0.1, 0.15) is 5.82 Å². The molecule has 3 N–H and O–H groups in total. The number of nitrogens with two attached hydrogens (primary N) is 1. The fraction of sp³-hybridized carbons (Fsp3) is 0.700. The number of aryl methyl sites for hydroxylation is 2. The van der Waals surface area contributed by atoms with E-state index in [0.717, 1.165) is 30.1 Å². The molecule has 1 aromatic heterocycles. The Bertz CT molecular complexity index is 288. The third-order valence-corrected chi connectivity index (χ3v) is 3.10. The number of nitrogens with zero attached hydrogens (tertiary/aromatic N) is 1. The highest BCUT2D eigenvalue weighted by atomic mass is 15.0. The van der Waals surface area contributed by atoms with E-state index in [4.69, 9.17) is 5.73 Å². The number of hydrogen-bond donors (Lipinski definition) is 2. The van der Waals surface area contributed by atoms with E-state index in [0.29, 0.717) is 0 Å². The number of nitrogens with one attached hydrogen (secondary N) is 1. The molecule has 0 aromatic carbocycles. The molecule has 1 heterocycles. The molecule has 0 radical (unpaired) electrons. The highest BCUT2D eigenvalue weighted by molar-refractivity contribution is 5.17. The molecule has 0 aliphatic heterocycles. The SMILES string of the molecule is Cc1nc(C2(N)CCCC2)[nH]c1C. The van der Waals surface area contributed by atoms with Gasteiger partial charge in [0.2, 0.25) is 0 Å². The van der Waals surface area contributed by atoms with Crippen molar-refractivity contribution in [1.82, 2.24) is 9.97 Å². The topological polar surface area (TPSA) is 54.7 Å². The Morgan fingerprint density at radius 3 is 2.38 bits per heavy atom. The fourth-order valence-corrected chi connectivity index (χ4v) is 2.03. The van der Waals surface area contributed by atoms with Gasteiger partial charge in [-0.2, -0.15) is 0 Å². The Balaban J connectivity index is 2.34. The molecule has 3 nitrogen and oxygen atoms in total. The number of imidazole rings is 1. The van der Waals surface area contributed by atoms with Crippen molar-refractivity contribution in [1.29, 1.82) is 0 Å². The van der Waals surface area contributed by atoms with Crippen molar-refractivity contribution in [2.45, 2.75) is 45.1 Å². The second-order valence-corrected chi connectivity index (χ2v) is 4.16. The van der Waals surface area contributed by atoms with Gasteiger partial charge >= 0.3 is 0 Å². The van der Waals surface area contributed by atoms with Crippen molar-refractivity contribution in [2.75, 3.05) is 0 Å². The van der Waals surface area contributed by atoms with Gasteiger partial charge in [0.15, 0.2) is 0 Å². The van der Waals surface area contributed by atoms with Crippen LogP contribution < -0.4 is 5.73 Å². The number of aromatic nitrogens is 2. The highest BCUT2D eigenvalue weighted by Crippen LogP contribution is 2.34. The minimum absolute atomic E-state index is 0.168. The van der Waals surface area contributed by atoms with Crippen LogP contribution in [0.15, 0.2) is 0 Å². The first-order valence-corrected chi connectivity index (χ1v) is 4.94. The minimum Gasteiger partial charge on any atom is -0.344 e. The van der Waals surface area contributed by atoms with Gasteiger partial charge in [0.25, 0.3) is 0 Å². The van der Waals surface area contributed by atoms with Gasteiger partial charge < -0.3 is 10.7 Å². The summed E-state index contributed by atoms with van der Waals surface area (Å²) in [5.74, 6) is 0.986. The van der Waals surface area contributed by atoms with Gasteiger partial charge in [-0.1, -0.05) is 12.8 Å². The first-order chi connectivity index (χ1) is 6.12. The van der Waals surface area contributed by atoms with E-state index in [1.165, 1.54) is 12.8 Å². The highest BCUT2D eigenvalue weighted by Gasteiger charge is 2.34. The zero-order valence-electron chi connectivity index (χ0n) is 8.35. The van der Waals surface area contributed by atoms with Gasteiger partial charge in [-0.3, -0.25) is 0 Å². The maximum atomic E-state index is 6.27. The van der Waals surface area contributed by atoms with Crippen LogP contribution in [0.5, 0.6) is 0 Å². The molecule has 0 atom stereocenters. The number of hydrogen-bond acceptors (Lipinski definition) is 2. The van der Waals surface area contributed by atoms with Crippen LogP contribution >= 0.6 is 0 Å². The average Bonchev–Trinajstić information content (AvgIpc) is 2.62. The number of rotatable bonds is 1. The van der Waals surface area contributed by atoms with Gasteiger partial charge in [-0.05, 0) is 26.7 Å². The molecule has 72 valence electrons. The number of aromatic amines is 1. The summed E-state index contributed by atoms with van der Waals surface area (Å²) in [4.78, 5) is 7.77. The molecule has 2 rings (SSSR count). The maximum absolute atomic E-state index is 6.27. The third kappa shape index (κ3) is 1.37. The molecular weight excluding hydrogens is 162 g/mol. The predicted molar refractivity (Wildman–Crippen MR) is 52.4 cm³/mol. The van der Waals surface area contributed by atoms with Crippen LogP contribution in [-0.4, -0.2) is 9.97 Å². The van der Waals surface area contributed by atoms with Crippen molar-refractivity contribution >= 4 is 0 Å². The normalized spacial score (nSPS) is 20.8. The van der Waals surface area contributed by atoms with E-state index in [-0.39, 0.29) is 5.54 Å². The van der Waals surface area contributed by atoms with Gasteiger partial charge in [0, 0.05) is 5.69 Å². The molecule has 0 unspecified atom stereocenters. The van der Waals surface area contributed by atoms with E-state index in [2.05, 4.69) is 9.97 Å². The second kappa shape index (κ2) is 2.84. The average molecular weight is 179 g/mol. The zero-order valence-corrected chi connectivity index (χ0v) is 8.35. The Morgan fingerprint density at radius 2 is 1.92 bits per heavy atom. The maximum Gasteiger partial charge on any atom is 0.126 e. The van der Waals surface area contributed by atoms with E-state index in [1.54, 1.807) is 0 Å². The quantitative estimate of drug-likeness (QED) is 0.690. The van der Waals surface area contributed by atoms with Crippen LogP contribution in [0.4, 0.5) is 0 Å². The predicted octanol–water partition coefficient (Wildman–Crippen LogP) is 1.75. The van der Waals surface area contributed by atoms with Crippen LogP contribution in [-0.2, 0) is 5.54 Å². The van der Waals surface area contributed by atoms with E-state index >= 15 is 0 Å². The summed E-state index contributed by atoms with van der Waals surface area (Å²) >= 11 is 0. The standard InChI is InChI=1S/C10H17N3/c1-7-8(2)13-9(12-7)10(11)5-3-4-6-10/h3-6,11H2,1-2H3,(H,12,13). The molecule has 13 heavy (non-hydrogen) atoms. The lowest BCUT2D eigenvalue weighted by Crippen LogP contribution is -2.34. The van der Waals surface area contributed by atoms with Crippen molar-refractivity contribution in [3.05, 3.63) is 17.2 Å². The van der Waals surface area contributed by atoms with Gasteiger partial charge in [-0.25, -0.2) is 4.98 Å². The fourth-order valence-electron chi connectivity index (χ4n) is 2.03. The lowest BCUT2D eigenvalue weighted by Gasteiger charge is -2.20. The second-order valence-electron chi connectivity index (χ2n) is 4.16. The summed E-state index contributed by atoms with van der Waals surface area (Å²) in [6.45, 7) is 4.07. The third-order valence-electron chi connectivity index (χ3n) is 3.10. The molecule has 1 fully saturated rings. The van der Waals surface area contributed by atoms with E-state index in [9.17, 15) is 0 Å². The summed E-state index contributed by atoms with van der Waals surface area (Å²) < 4.78 is 0. The molecule has 3 heteroatoms. The lowest BCUT2D eigenvalue weighted by molar-refractivity contribution is 0.435. The van der Waals surface area contributed by atoms with E-state index < -0.39 is 0 Å². The van der Waals surface area contributed by atoms with Crippen LogP contribution in [0, 0.1) is 13.8 Å². The molecule has 0 amide bonds. The molecule has 0 spiro atoms. The number of H-pyrrole nitrogens is 1. The van der Waals surface area contributed by atoms with Crippen LogP contribution in [0.2, 0.25) is 0 Å². The van der Waals surface area contributed by atoms with Crippen molar-refractivity contribution in [3.63, 3.8) is 0 Å². The van der Waals surface area contributed by atoms with Crippen molar-refractivity contribution in [2.24, 2.45) is 5.73 Å². The minimum atomic E-state index is -0.168. The van der Waals surface area contributed by atoms with Gasteiger partial charge in [-0.15, -0.1) is 0 Å². The van der Waals surface area contributed by atoms with Crippen LogP contribution in [0.3, 0.4) is 0 Å². The first kappa shape index (κ1) is 8.75. The molecule has 0 bridgehead atoms. The largest absolute Gasteiger partial charge is 0.344 e. The molecule has 1 aliphatic carbocycles. The molecule has 1 aliphatic rings. The van der Waals surface area contributed by atoms with E-state index in [1.807, 2.05) is 13.8 Å². The summed E-state index contributed by atoms with van der Waals surface area (Å²) in [7, 11) is 0. The summed E-state index contributed by atoms with van der Waals surface area (Å²) in [6, 6.07) is 0. The monoisotopic (exact) mass is 179 g/mol. The lowest BCUT2D eigenvalue weighted by atomic mass is 9.99. The zero-order chi connectivity index (χ0) is 9.47. The Hall–Kier alpha value is -0.830. The smallest absolute Gasteiger partial charge is 0.126 e. The Kier molecular flexibility index (Phi) is 1.91. The molecule has 1 saturated carbocycles. The Morgan fingerprint density at radius 1 is 1.31 bits per heavy atom. The summed E-state index contributed by atoms with van der Waals surface area (Å²) in [6.07, 6.45) is 4.60. The first-order valence-electron chi connectivity index (χ1n) is 4.94. The van der Waals surface area contributed by atoms with Crippen molar-refractivity contribution < 1.29 is 0 Å². The van der Waals surface area contributed by atoms with Crippen LogP contribution in [0.1, 0.15) is 42.9 Å².